The maximum absolute atomic E-state index is 10.7. The molecule has 1 heterocycles. The SMILES string of the molecule is CCOc1cc(C=NNc2nc(N)cs2)cc(Br)c1OCC(=O)O. The van der Waals surface area contributed by atoms with Crippen LogP contribution in [0.1, 0.15) is 12.5 Å². The number of aliphatic carboxylic acids is 1. The molecule has 0 fully saturated rings. The van der Waals surface area contributed by atoms with Gasteiger partial charge in [0.15, 0.2) is 18.1 Å². The number of carboxylic acid groups (broad SMARTS) is 1. The monoisotopic (exact) mass is 414 g/mol. The van der Waals surface area contributed by atoms with Crippen LogP contribution in [0, 0.1) is 0 Å². The van der Waals surface area contributed by atoms with Crippen molar-refractivity contribution in [1.82, 2.24) is 4.98 Å². The first kappa shape index (κ1) is 18.0. The highest BCUT2D eigenvalue weighted by Crippen LogP contribution is 2.36. The lowest BCUT2D eigenvalue weighted by atomic mass is 10.2. The van der Waals surface area contributed by atoms with Crippen LogP contribution >= 0.6 is 27.3 Å². The van der Waals surface area contributed by atoms with E-state index in [0.717, 1.165) is 5.56 Å². The second-order valence-electron chi connectivity index (χ2n) is 4.39. The molecule has 0 saturated carbocycles. The maximum atomic E-state index is 10.7. The van der Waals surface area contributed by atoms with Crippen LogP contribution in [0.15, 0.2) is 27.1 Å². The molecule has 2 aromatic rings. The van der Waals surface area contributed by atoms with Crippen molar-refractivity contribution in [2.24, 2.45) is 5.10 Å². The third-order valence-corrected chi connectivity index (χ3v) is 3.92. The van der Waals surface area contributed by atoms with Gasteiger partial charge in [0.2, 0.25) is 5.13 Å². The minimum Gasteiger partial charge on any atom is -0.490 e. The number of ether oxygens (including phenoxy) is 2. The van der Waals surface area contributed by atoms with Gasteiger partial charge in [-0.2, -0.15) is 5.10 Å². The van der Waals surface area contributed by atoms with E-state index in [4.69, 9.17) is 20.3 Å². The molecule has 0 atom stereocenters. The van der Waals surface area contributed by atoms with Gasteiger partial charge in [-0.05, 0) is 40.5 Å². The van der Waals surface area contributed by atoms with Gasteiger partial charge >= 0.3 is 5.97 Å². The minimum absolute atomic E-state index is 0.331. The number of carbonyl (C=O) groups is 1. The van der Waals surface area contributed by atoms with Crippen molar-refractivity contribution in [1.29, 1.82) is 0 Å². The van der Waals surface area contributed by atoms with Gasteiger partial charge < -0.3 is 20.3 Å². The third kappa shape index (κ3) is 5.10. The Morgan fingerprint density at radius 2 is 2.33 bits per heavy atom. The van der Waals surface area contributed by atoms with E-state index in [1.807, 2.05) is 6.92 Å². The quantitative estimate of drug-likeness (QED) is 0.448. The predicted molar refractivity (Wildman–Crippen MR) is 96.2 cm³/mol. The number of benzene rings is 1. The van der Waals surface area contributed by atoms with Crippen LogP contribution in [0.4, 0.5) is 10.9 Å². The topological polar surface area (TPSA) is 119 Å². The van der Waals surface area contributed by atoms with Gasteiger partial charge in [-0.25, -0.2) is 9.78 Å². The van der Waals surface area contributed by atoms with Crippen molar-refractivity contribution >= 4 is 50.4 Å². The van der Waals surface area contributed by atoms with Crippen LogP contribution in [-0.4, -0.2) is 35.5 Å². The second-order valence-corrected chi connectivity index (χ2v) is 6.11. The zero-order valence-electron chi connectivity index (χ0n) is 12.7. The lowest BCUT2D eigenvalue weighted by Gasteiger charge is -2.13. The summed E-state index contributed by atoms with van der Waals surface area (Å²) in [6.45, 7) is 1.77. The van der Waals surface area contributed by atoms with E-state index >= 15 is 0 Å². The fourth-order valence-electron chi connectivity index (χ4n) is 1.70. The first-order valence-electron chi connectivity index (χ1n) is 6.80. The number of nitrogens with one attached hydrogen (secondary N) is 1. The van der Waals surface area contributed by atoms with Crippen LogP contribution in [0.2, 0.25) is 0 Å². The highest BCUT2D eigenvalue weighted by molar-refractivity contribution is 9.10. The lowest BCUT2D eigenvalue weighted by molar-refractivity contribution is -0.139. The average molecular weight is 415 g/mol. The smallest absolute Gasteiger partial charge is 0.341 e. The largest absolute Gasteiger partial charge is 0.490 e. The van der Waals surface area contributed by atoms with Gasteiger partial charge in [0, 0.05) is 5.38 Å². The van der Waals surface area contributed by atoms with E-state index in [9.17, 15) is 4.79 Å². The molecule has 1 aromatic heterocycles. The molecule has 2 rings (SSSR count). The van der Waals surface area contributed by atoms with Crippen molar-refractivity contribution in [3.8, 4) is 11.5 Å². The number of thiazole rings is 1. The van der Waals surface area contributed by atoms with E-state index in [0.29, 0.717) is 33.5 Å². The summed E-state index contributed by atoms with van der Waals surface area (Å²) in [6, 6.07) is 3.44. The maximum Gasteiger partial charge on any atom is 0.341 e. The lowest BCUT2D eigenvalue weighted by Crippen LogP contribution is -2.11. The molecule has 0 aliphatic heterocycles. The Morgan fingerprint density at radius 3 is 2.96 bits per heavy atom. The molecule has 0 spiro atoms. The molecule has 0 amide bonds. The van der Waals surface area contributed by atoms with Crippen LogP contribution in [-0.2, 0) is 4.79 Å². The number of rotatable bonds is 8. The van der Waals surface area contributed by atoms with Crippen molar-refractivity contribution < 1.29 is 19.4 Å². The van der Waals surface area contributed by atoms with E-state index < -0.39 is 12.6 Å². The second kappa shape index (κ2) is 8.50. The third-order valence-electron chi connectivity index (χ3n) is 2.57. The molecular weight excluding hydrogens is 400 g/mol. The number of nitrogens with zero attached hydrogens (tertiary/aromatic N) is 2. The minimum atomic E-state index is -1.07. The van der Waals surface area contributed by atoms with Gasteiger partial charge in [-0.15, -0.1) is 11.3 Å². The number of hydrazone groups is 1. The van der Waals surface area contributed by atoms with Gasteiger partial charge in [0.25, 0.3) is 0 Å². The number of nitrogen functional groups attached to an aromatic ring is 1. The number of nitrogens with two attached hydrogens (primary N) is 1. The summed E-state index contributed by atoms with van der Waals surface area (Å²) in [4.78, 5) is 14.7. The summed E-state index contributed by atoms with van der Waals surface area (Å²) < 4.78 is 11.3. The van der Waals surface area contributed by atoms with Crippen molar-refractivity contribution in [3.05, 3.63) is 27.5 Å². The van der Waals surface area contributed by atoms with E-state index in [1.165, 1.54) is 11.3 Å². The Bertz CT molecular complexity index is 750. The van der Waals surface area contributed by atoms with Gasteiger partial charge in [-0.3, -0.25) is 5.43 Å². The molecule has 24 heavy (non-hydrogen) atoms. The molecule has 1 aromatic carbocycles. The zero-order chi connectivity index (χ0) is 17.5. The van der Waals surface area contributed by atoms with E-state index in [-0.39, 0.29) is 0 Å². The molecule has 0 saturated heterocycles. The van der Waals surface area contributed by atoms with E-state index in [2.05, 4.69) is 31.4 Å². The van der Waals surface area contributed by atoms with Gasteiger partial charge in [0.05, 0.1) is 17.3 Å². The first-order valence-corrected chi connectivity index (χ1v) is 8.48. The van der Waals surface area contributed by atoms with Crippen LogP contribution in [0.3, 0.4) is 0 Å². The van der Waals surface area contributed by atoms with E-state index in [1.54, 1.807) is 23.7 Å². The Balaban J connectivity index is 2.16. The molecule has 4 N–H and O–H groups in total. The summed E-state index contributed by atoms with van der Waals surface area (Å²) in [6.07, 6.45) is 1.58. The van der Waals surface area contributed by atoms with Crippen molar-refractivity contribution in [2.45, 2.75) is 6.92 Å². The molecule has 0 aliphatic carbocycles. The highest BCUT2D eigenvalue weighted by Gasteiger charge is 2.13. The standard InChI is InChI=1S/C14H15BrN4O4S/c1-2-22-10-4-8(3-9(15)13(10)23-6-12(20)21)5-17-19-14-18-11(16)7-24-14/h3-5,7H,2,6,16H2,1H3,(H,18,19)(H,20,21). The molecule has 0 unspecified atom stereocenters. The fraction of sp³-hybridized carbons (Fsp3) is 0.214. The number of carboxylic acids is 1. The molecule has 0 aliphatic rings. The number of hydrogen-bond acceptors (Lipinski definition) is 8. The van der Waals surface area contributed by atoms with Gasteiger partial charge in [-0.1, -0.05) is 0 Å². The summed E-state index contributed by atoms with van der Waals surface area (Å²) >= 11 is 4.69. The Kier molecular flexibility index (Phi) is 6.38. The first-order chi connectivity index (χ1) is 11.5. The molecule has 128 valence electrons. The molecular formula is C14H15BrN4O4S. The van der Waals surface area contributed by atoms with Gasteiger partial charge in [0.1, 0.15) is 5.82 Å². The zero-order valence-corrected chi connectivity index (χ0v) is 15.1. The average Bonchev–Trinajstić information content (AvgIpc) is 2.92. The molecule has 0 bridgehead atoms. The van der Waals surface area contributed by atoms with Crippen LogP contribution < -0.4 is 20.6 Å². The number of aromatic nitrogens is 1. The normalized spacial score (nSPS) is 10.8. The highest BCUT2D eigenvalue weighted by atomic mass is 79.9. The van der Waals surface area contributed by atoms with Crippen LogP contribution in [0.25, 0.3) is 0 Å². The summed E-state index contributed by atoms with van der Waals surface area (Å²) in [5.74, 6) is 0.117. The Hall–Kier alpha value is -2.33. The molecule has 8 nitrogen and oxygen atoms in total. The molecule has 10 heteroatoms. The number of halogens is 1. The fourth-order valence-corrected chi connectivity index (χ4v) is 2.82. The Labute approximate surface area is 150 Å². The summed E-state index contributed by atoms with van der Waals surface area (Å²) in [7, 11) is 0. The summed E-state index contributed by atoms with van der Waals surface area (Å²) in [5, 5.41) is 15.1. The molecule has 0 radical (unpaired) electrons. The van der Waals surface area contributed by atoms with Crippen LogP contribution in [0.5, 0.6) is 11.5 Å². The van der Waals surface area contributed by atoms with Crippen molar-refractivity contribution in [2.75, 3.05) is 24.4 Å². The number of hydrogen-bond donors (Lipinski definition) is 3. The summed E-state index contributed by atoms with van der Waals surface area (Å²) in [5.41, 5.74) is 9.03. The van der Waals surface area contributed by atoms with Crippen molar-refractivity contribution in [3.63, 3.8) is 0 Å². The Morgan fingerprint density at radius 1 is 1.54 bits per heavy atom. The number of anilines is 2. The predicted octanol–water partition coefficient (Wildman–Crippen LogP) is 2.80.